The van der Waals surface area contributed by atoms with Crippen molar-refractivity contribution < 1.29 is 0 Å². The van der Waals surface area contributed by atoms with Crippen molar-refractivity contribution in [3.05, 3.63) is 95.2 Å². The van der Waals surface area contributed by atoms with Crippen LogP contribution in [-0.4, -0.2) is 0 Å². The minimum atomic E-state index is 0.767. The highest BCUT2D eigenvalue weighted by Gasteiger charge is 2.14. The van der Waals surface area contributed by atoms with E-state index in [-0.39, 0.29) is 0 Å². The third-order valence-electron chi connectivity index (χ3n) is 9.34. The molecule has 0 bridgehead atoms. The largest absolute Gasteiger partial charge is 0.0998 e. The lowest BCUT2D eigenvalue weighted by atomic mass is 9.86. The number of hydrogen-bond acceptors (Lipinski definition) is 0. The first kappa shape index (κ1) is 35.9. The van der Waals surface area contributed by atoms with Gasteiger partial charge >= 0.3 is 0 Å². The molecule has 0 heteroatoms. The fraction of sp³-hybridized carbons (Fsp3) is 0.600. The quantitative estimate of drug-likeness (QED) is 0.309. The molecular weight excluding hydrogens is 480 g/mol. The van der Waals surface area contributed by atoms with Gasteiger partial charge in [0.15, 0.2) is 0 Å². The van der Waals surface area contributed by atoms with Crippen LogP contribution in [0.3, 0.4) is 0 Å². The Bertz CT molecular complexity index is 812. The minimum Gasteiger partial charge on any atom is -0.0998 e. The molecule has 0 spiro atoms. The summed E-state index contributed by atoms with van der Waals surface area (Å²) in [5, 5.41) is 0. The van der Waals surface area contributed by atoms with Crippen LogP contribution in [0.4, 0.5) is 0 Å². The molecule has 0 fully saturated rings. The molecule has 0 aromatic heterocycles. The van der Waals surface area contributed by atoms with Crippen LogP contribution in [0.1, 0.15) is 132 Å². The van der Waals surface area contributed by atoms with Crippen LogP contribution in [0, 0.1) is 23.7 Å². The van der Waals surface area contributed by atoms with Crippen molar-refractivity contribution in [3.8, 4) is 0 Å². The second-order valence-corrected chi connectivity index (χ2v) is 13.5. The zero-order chi connectivity index (χ0) is 30.2. The van der Waals surface area contributed by atoms with Gasteiger partial charge in [0.25, 0.3) is 0 Å². The van der Waals surface area contributed by atoms with E-state index in [2.05, 4.69) is 106 Å². The van der Waals surface area contributed by atoms with Crippen molar-refractivity contribution in [2.75, 3.05) is 0 Å². The molecule has 0 amide bonds. The summed E-state index contributed by atoms with van der Waals surface area (Å²) < 4.78 is 0. The minimum absolute atomic E-state index is 0.767. The van der Waals surface area contributed by atoms with E-state index in [1.54, 1.807) is 22.3 Å². The molecule has 4 rings (SSSR count). The van der Waals surface area contributed by atoms with Crippen molar-refractivity contribution in [3.63, 3.8) is 0 Å². The van der Waals surface area contributed by atoms with Crippen LogP contribution in [0.25, 0.3) is 0 Å². The maximum Gasteiger partial charge on any atom is -0.0171 e. The van der Waals surface area contributed by atoms with Gasteiger partial charge in [0, 0.05) is 0 Å². The molecule has 0 saturated carbocycles. The molecule has 0 unspecified atom stereocenters. The summed E-state index contributed by atoms with van der Waals surface area (Å²) >= 11 is 0. The van der Waals surface area contributed by atoms with Gasteiger partial charge in [-0.1, -0.05) is 95.2 Å². The Morgan fingerprint density at radius 3 is 0.700 bits per heavy atom. The van der Waals surface area contributed by atoms with E-state index in [0.717, 1.165) is 23.7 Å². The van der Waals surface area contributed by atoms with Crippen LogP contribution >= 0.6 is 0 Å². The van der Waals surface area contributed by atoms with Gasteiger partial charge in [-0.2, -0.15) is 0 Å². The van der Waals surface area contributed by atoms with Gasteiger partial charge in [-0.3, -0.25) is 0 Å². The van der Waals surface area contributed by atoms with E-state index in [1.807, 2.05) is 0 Å². The van der Waals surface area contributed by atoms with Crippen molar-refractivity contribution in [1.82, 2.24) is 0 Å². The van der Waals surface area contributed by atoms with Crippen LogP contribution in [0.2, 0.25) is 0 Å². The van der Waals surface area contributed by atoms with E-state index >= 15 is 0 Å². The Morgan fingerprint density at radius 1 is 0.425 bits per heavy atom. The Kier molecular flexibility index (Phi) is 17.2. The van der Waals surface area contributed by atoms with Gasteiger partial charge in [-0.25, -0.2) is 0 Å². The zero-order valence-electron chi connectivity index (χ0n) is 27.9. The molecule has 0 N–H and O–H groups in total. The average Bonchev–Trinajstić information content (AvgIpc) is 2.91. The number of hydrogen-bond donors (Lipinski definition) is 0. The molecule has 4 aliphatic carbocycles. The monoisotopic (exact) mass is 545 g/mol. The topological polar surface area (TPSA) is 0 Å². The summed E-state index contributed by atoms with van der Waals surface area (Å²) in [7, 11) is 0. The van der Waals surface area contributed by atoms with Gasteiger partial charge < -0.3 is 0 Å². The van der Waals surface area contributed by atoms with Gasteiger partial charge in [-0.15, -0.1) is 0 Å². The molecule has 0 aromatic carbocycles. The SMILES string of the molecule is C=C(C)[C@H]1CC=C(C)CC1.C=C(C)[C@H]1CC=C(C)CC1.C=C(C)[C@H]1CC=C(C)CC1.C=C(C)[C@H]1CC=C(C)CC1. The van der Waals surface area contributed by atoms with Gasteiger partial charge in [0.2, 0.25) is 0 Å². The maximum atomic E-state index is 3.97. The van der Waals surface area contributed by atoms with E-state index in [0.29, 0.717) is 0 Å². The molecule has 0 saturated heterocycles. The highest BCUT2D eigenvalue weighted by Crippen LogP contribution is 2.29. The standard InChI is InChI=1S/4C10H16/c4*1-8(2)10-6-4-9(3)5-7-10/h4*4,10H,1,5-7H2,2-3H3/t4*10-/m0000/s1. The van der Waals surface area contributed by atoms with Crippen LogP contribution < -0.4 is 0 Å². The lowest BCUT2D eigenvalue weighted by molar-refractivity contribution is 0.540. The fourth-order valence-corrected chi connectivity index (χ4v) is 5.65. The van der Waals surface area contributed by atoms with E-state index in [4.69, 9.17) is 0 Å². The summed E-state index contributed by atoms with van der Waals surface area (Å²) in [6.45, 7) is 33.3. The Balaban J connectivity index is 0.000000267. The van der Waals surface area contributed by atoms with Gasteiger partial charge in [0.05, 0.1) is 0 Å². The zero-order valence-corrected chi connectivity index (χ0v) is 27.9. The fourth-order valence-electron chi connectivity index (χ4n) is 5.65. The van der Waals surface area contributed by atoms with Crippen molar-refractivity contribution >= 4 is 0 Å². The molecule has 4 aliphatic rings. The lowest BCUT2D eigenvalue weighted by Crippen LogP contribution is -2.04. The number of rotatable bonds is 4. The van der Waals surface area contributed by atoms with Crippen molar-refractivity contribution in [2.45, 2.75) is 132 Å². The van der Waals surface area contributed by atoms with E-state index in [9.17, 15) is 0 Å². The molecule has 0 heterocycles. The Hall–Kier alpha value is -2.08. The first-order valence-corrected chi connectivity index (χ1v) is 16.0. The number of allylic oxidation sites excluding steroid dienone is 12. The summed E-state index contributed by atoms with van der Waals surface area (Å²) in [5.41, 5.74) is 11.6. The summed E-state index contributed by atoms with van der Waals surface area (Å²) in [5.74, 6) is 3.07. The summed E-state index contributed by atoms with van der Waals surface area (Å²) in [4.78, 5) is 0. The molecular formula is C40H64. The lowest BCUT2D eigenvalue weighted by Gasteiger charge is -2.19. The summed E-state index contributed by atoms with van der Waals surface area (Å²) in [6.07, 6.45) is 24.7. The smallest absolute Gasteiger partial charge is 0.0171 e. The molecule has 224 valence electrons. The molecule has 0 radical (unpaired) electrons. The van der Waals surface area contributed by atoms with Crippen LogP contribution in [0.5, 0.6) is 0 Å². The molecule has 0 nitrogen and oxygen atoms in total. The van der Waals surface area contributed by atoms with E-state index in [1.165, 1.54) is 99.3 Å². The molecule has 0 aromatic rings. The van der Waals surface area contributed by atoms with Gasteiger partial charge in [-0.05, 0) is 156 Å². The first-order chi connectivity index (χ1) is 18.8. The Labute approximate surface area is 250 Å². The van der Waals surface area contributed by atoms with E-state index < -0.39 is 0 Å². The maximum absolute atomic E-state index is 3.97. The third kappa shape index (κ3) is 15.1. The van der Waals surface area contributed by atoms with Crippen LogP contribution in [-0.2, 0) is 0 Å². The second-order valence-electron chi connectivity index (χ2n) is 13.5. The highest BCUT2D eigenvalue weighted by molar-refractivity contribution is 5.12. The van der Waals surface area contributed by atoms with Crippen LogP contribution in [0.15, 0.2) is 95.2 Å². The predicted octanol–water partition coefficient (Wildman–Crippen LogP) is 13.2. The predicted molar refractivity (Wildman–Crippen MR) is 184 cm³/mol. The molecule has 4 atom stereocenters. The summed E-state index contributed by atoms with van der Waals surface area (Å²) in [6, 6.07) is 0. The van der Waals surface area contributed by atoms with Crippen molar-refractivity contribution in [1.29, 1.82) is 0 Å². The molecule has 0 aliphatic heterocycles. The second kappa shape index (κ2) is 19.1. The van der Waals surface area contributed by atoms with Gasteiger partial charge in [0.1, 0.15) is 0 Å². The van der Waals surface area contributed by atoms with Crippen molar-refractivity contribution in [2.24, 2.45) is 23.7 Å². The normalized spacial score (nSPS) is 25.8. The molecule has 40 heavy (non-hydrogen) atoms. The highest BCUT2D eigenvalue weighted by atomic mass is 14.2. The third-order valence-corrected chi connectivity index (χ3v) is 9.34. The average molecular weight is 545 g/mol. The first-order valence-electron chi connectivity index (χ1n) is 16.0. The Morgan fingerprint density at radius 2 is 0.600 bits per heavy atom.